The summed E-state index contributed by atoms with van der Waals surface area (Å²) in [5, 5.41) is 51.7. The van der Waals surface area contributed by atoms with Crippen LogP contribution in [0.2, 0.25) is 0 Å². The second kappa shape index (κ2) is 6.35. The maximum absolute atomic E-state index is 10.3. The number of aliphatic hydroxyl groups excluding tert-OH is 2. The Balaban J connectivity index is 5.54. The minimum Gasteiger partial charge on any atom is -0.501 e. The molecule has 4 N–H and O–H groups in total. The van der Waals surface area contributed by atoms with Gasteiger partial charge in [0.15, 0.2) is 0 Å². The summed E-state index contributed by atoms with van der Waals surface area (Å²) >= 11 is 0. The van der Waals surface area contributed by atoms with E-state index in [-0.39, 0.29) is 0 Å². The van der Waals surface area contributed by atoms with E-state index in [1.54, 1.807) is 0 Å². The number of nitrogens with zero attached hydrogens (tertiary/aromatic N) is 2. The predicted molar refractivity (Wildman–Crippen MR) is 54.9 cm³/mol. The van der Waals surface area contributed by atoms with Crippen LogP contribution in [-0.2, 0) is 9.59 Å². The molecule has 0 heterocycles. The van der Waals surface area contributed by atoms with E-state index in [1.807, 2.05) is 0 Å². The molecule has 0 aliphatic rings. The van der Waals surface area contributed by atoms with Crippen LogP contribution in [0.5, 0.6) is 0 Å². The van der Waals surface area contributed by atoms with Crippen molar-refractivity contribution in [3.63, 3.8) is 0 Å². The average molecular weight is 250 g/mol. The molecule has 0 bridgehead atoms. The second-order valence-corrected chi connectivity index (χ2v) is 2.69. The molecule has 0 saturated carbocycles. The second-order valence-electron chi connectivity index (χ2n) is 2.69. The number of hydrogen-bond donors (Lipinski definition) is 4. The van der Waals surface area contributed by atoms with Crippen LogP contribution in [0.4, 0.5) is 0 Å². The van der Waals surface area contributed by atoms with Crippen LogP contribution in [-0.4, -0.2) is 32.4 Å². The quantitative estimate of drug-likeness (QED) is 0.241. The van der Waals surface area contributed by atoms with Crippen molar-refractivity contribution in [2.45, 2.75) is 0 Å². The van der Waals surface area contributed by atoms with Gasteiger partial charge in [0.05, 0.1) is 0 Å². The van der Waals surface area contributed by atoms with E-state index in [2.05, 4.69) is 0 Å². The van der Waals surface area contributed by atoms with Gasteiger partial charge in [-0.25, -0.2) is 9.59 Å². The molecule has 0 spiro atoms. The van der Waals surface area contributed by atoms with Crippen molar-refractivity contribution in [3.05, 3.63) is 34.8 Å². The highest BCUT2D eigenvalue weighted by atomic mass is 16.4. The van der Waals surface area contributed by atoms with Gasteiger partial charge in [-0.15, -0.1) is 0 Å². The van der Waals surface area contributed by atoms with Crippen molar-refractivity contribution in [2.24, 2.45) is 0 Å². The van der Waals surface area contributed by atoms with Crippen LogP contribution < -0.4 is 0 Å². The highest BCUT2D eigenvalue weighted by Crippen LogP contribution is 2.08. The van der Waals surface area contributed by atoms with E-state index in [4.69, 9.17) is 30.9 Å². The van der Waals surface area contributed by atoms with Crippen LogP contribution in [0.1, 0.15) is 0 Å². The summed E-state index contributed by atoms with van der Waals surface area (Å²) in [6.45, 7) is 0. The fraction of sp³-hybridized carbons (Fsp3) is 0. The first-order valence-corrected chi connectivity index (χ1v) is 4.16. The van der Waals surface area contributed by atoms with Gasteiger partial charge in [0.1, 0.15) is 23.3 Å². The van der Waals surface area contributed by atoms with Crippen LogP contribution in [0.15, 0.2) is 34.8 Å². The lowest BCUT2D eigenvalue weighted by Crippen LogP contribution is -2.03. The third-order valence-corrected chi connectivity index (χ3v) is 1.57. The van der Waals surface area contributed by atoms with Crippen LogP contribution in [0, 0.1) is 22.7 Å². The summed E-state index contributed by atoms with van der Waals surface area (Å²) in [5.41, 5.74) is -1.40. The van der Waals surface area contributed by atoms with E-state index in [1.165, 1.54) is 12.1 Å². The standard InChI is InChI=1S/C10H6N2O6/c11-3-5(7(13)9(15)16)1-2-6(4-12)8(14)10(17)18/h1-2,13-14H,(H,15,16)(H,17,18). The minimum atomic E-state index is -1.76. The summed E-state index contributed by atoms with van der Waals surface area (Å²) in [5.74, 6) is -6.05. The molecule has 0 amide bonds. The highest BCUT2D eigenvalue weighted by molar-refractivity contribution is 5.87. The number of aliphatic carboxylic acids is 2. The van der Waals surface area contributed by atoms with Crippen molar-refractivity contribution in [3.8, 4) is 12.1 Å². The van der Waals surface area contributed by atoms with Crippen molar-refractivity contribution in [1.29, 1.82) is 10.5 Å². The molecule has 8 heteroatoms. The van der Waals surface area contributed by atoms with E-state index in [9.17, 15) is 9.59 Å². The molecule has 0 aliphatic heterocycles. The summed E-state index contributed by atoms with van der Waals surface area (Å²) in [6, 6.07) is 2.66. The zero-order valence-electron chi connectivity index (χ0n) is 8.65. The normalized spacial score (nSPS) is 13.0. The number of rotatable bonds is 4. The van der Waals surface area contributed by atoms with Crippen LogP contribution in [0.25, 0.3) is 0 Å². The highest BCUT2D eigenvalue weighted by Gasteiger charge is 2.12. The number of aliphatic hydroxyl groups is 2. The lowest BCUT2D eigenvalue weighted by atomic mass is 10.1. The van der Waals surface area contributed by atoms with Crippen molar-refractivity contribution in [2.75, 3.05) is 0 Å². The van der Waals surface area contributed by atoms with Gasteiger partial charge in [-0.2, -0.15) is 10.5 Å². The smallest absolute Gasteiger partial charge is 0.372 e. The van der Waals surface area contributed by atoms with Gasteiger partial charge in [-0.1, -0.05) is 0 Å². The Morgan fingerprint density at radius 1 is 0.778 bits per heavy atom. The van der Waals surface area contributed by atoms with E-state index < -0.39 is 34.6 Å². The first-order chi connectivity index (χ1) is 8.34. The molecular weight excluding hydrogens is 244 g/mol. The summed E-state index contributed by atoms with van der Waals surface area (Å²) in [4.78, 5) is 20.7. The van der Waals surface area contributed by atoms with Gasteiger partial charge >= 0.3 is 11.9 Å². The maximum atomic E-state index is 10.3. The third-order valence-electron chi connectivity index (χ3n) is 1.57. The lowest BCUT2D eigenvalue weighted by Gasteiger charge is -1.95. The molecule has 0 aliphatic carbocycles. The van der Waals surface area contributed by atoms with Gasteiger partial charge in [0, 0.05) is 0 Å². The lowest BCUT2D eigenvalue weighted by molar-refractivity contribution is -0.136. The Morgan fingerprint density at radius 2 is 1.06 bits per heavy atom. The summed E-state index contributed by atoms with van der Waals surface area (Å²) < 4.78 is 0. The molecule has 0 atom stereocenters. The molecule has 18 heavy (non-hydrogen) atoms. The zero-order valence-corrected chi connectivity index (χ0v) is 8.65. The third kappa shape index (κ3) is 3.72. The minimum absolute atomic E-state index is 0.696. The van der Waals surface area contributed by atoms with E-state index >= 15 is 0 Å². The van der Waals surface area contributed by atoms with Gasteiger partial charge < -0.3 is 20.4 Å². The first kappa shape index (κ1) is 14.7. The van der Waals surface area contributed by atoms with Crippen molar-refractivity contribution in [1.82, 2.24) is 0 Å². The molecule has 0 unspecified atom stereocenters. The predicted octanol–water partition coefficient (Wildman–Crippen LogP) is 0.383. The van der Waals surface area contributed by atoms with Gasteiger partial charge in [-0.05, 0) is 12.2 Å². The molecule has 0 aromatic heterocycles. The molecule has 0 saturated heterocycles. The fourth-order valence-corrected chi connectivity index (χ4v) is 0.735. The Kier molecular flexibility index (Phi) is 5.20. The molecule has 0 fully saturated rings. The molecule has 0 rings (SSSR count). The Hall–Kier alpha value is -3.26. The summed E-state index contributed by atoms with van der Waals surface area (Å²) in [7, 11) is 0. The maximum Gasteiger partial charge on any atom is 0.372 e. The van der Waals surface area contributed by atoms with Gasteiger partial charge in [0.25, 0.3) is 0 Å². The molecular formula is C10H6N2O6. The number of carboxylic acid groups (broad SMARTS) is 2. The summed E-state index contributed by atoms with van der Waals surface area (Å²) in [6.07, 6.45) is 1.39. The average Bonchev–Trinajstić information content (AvgIpc) is 2.33. The first-order valence-electron chi connectivity index (χ1n) is 4.16. The number of carbonyl (C=O) groups is 2. The Bertz CT molecular complexity index is 506. The largest absolute Gasteiger partial charge is 0.501 e. The topological polar surface area (TPSA) is 163 Å². The molecule has 92 valence electrons. The van der Waals surface area contributed by atoms with E-state index in [0.717, 1.165) is 0 Å². The molecule has 0 aromatic carbocycles. The number of nitriles is 2. The van der Waals surface area contributed by atoms with Crippen LogP contribution in [0.3, 0.4) is 0 Å². The fourth-order valence-electron chi connectivity index (χ4n) is 0.735. The SMILES string of the molecule is N#CC(C=CC(C#N)=C(O)C(=O)O)=C(O)C(=O)O. The van der Waals surface area contributed by atoms with Crippen LogP contribution >= 0.6 is 0 Å². The molecule has 0 radical (unpaired) electrons. The van der Waals surface area contributed by atoms with Crippen molar-refractivity contribution < 1.29 is 30.0 Å². The van der Waals surface area contributed by atoms with Crippen molar-refractivity contribution >= 4 is 11.9 Å². The molecule has 8 nitrogen and oxygen atoms in total. The number of carboxylic acids is 2. The zero-order chi connectivity index (χ0) is 14.3. The monoisotopic (exact) mass is 250 g/mol. The van der Waals surface area contributed by atoms with Gasteiger partial charge in [0.2, 0.25) is 11.5 Å². The van der Waals surface area contributed by atoms with Gasteiger partial charge in [-0.3, -0.25) is 0 Å². The number of hydrogen-bond acceptors (Lipinski definition) is 6. The number of allylic oxidation sites excluding steroid dienone is 4. The Labute approximate surface area is 100 Å². The Morgan fingerprint density at radius 3 is 1.22 bits per heavy atom. The molecule has 0 aromatic rings. The van der Waals surface area contributed by atoms with E-state index in [0.29, 0.717) is 12.2 Å².